The molecule has 0 unspecified atom stereocenters. The third-order valence-electron chi connectivity index (χ3n) is 3.38. The van der Waals surface area contributed by atoms with Crippen LogP contribution in [0.5, 0.6) is 11.5 Å². The van der Waals surface area contributed by atoms with Gasteiger partial charge in [0.05, 0.1) is 12.8 Å². The van der Waals surface area contributed by atoms with Crippen molar-refractivity contribution in [2.45, 2.75) is 6.92 Å². The predicted molar refractivity (Wildman–Crippen MR) is 100 cm³/mol. The Labute approximate surface area is 154 Å². The first-order valence-corrected chi connectivity index (χ1v) is 8.31. The summed E-state index contributed by atoms with van der Waals surface area (Å²) in [5, 5.41) is 22.1. The van der Waals surface area contributed by atoms with Crippen molar-refractivity contribution in [1.29, 1.82) is 0 Å². The smallest absolute Gasteiger partial charge is 0.216 e. The van der Waals surface area contributed by atoms with E-state index in [0.717, 1.165) is 5.56 Å². The number of rotatable bonds is 5. The van der Waals surface area contributed by atoms with Crippen molar-refractivity contribution in [1.82, 2.24) is 14.9 Å². The number of phenols is 1. The molecule has 0 atom stereocenters. The molecule has 2 N–H and O–H groups in total. The van der Waals surface area contributed by atoms with Crippen molar-refractivity contribution in [2.75, 3.05) is 6.61 Å². The molecular formula is C17H15ClN4O2S. The molecule has 0 spiro atoms. The highest BCUT2D eigenvalue weighted by atomic mass is 35.5. The van der Waals surface area contributed by atoms with Gasteiger partial charge in [0.15, 0.2) is 17.3 Å². The molecule has 8 heteroatoms. The van der Waals surface area contributed by atoms with E-state index >= 15 is 0 Å². The maximum Gasteiger partial charge on any atom is 0.216 e. The van der Waals surface area contributed by atoms with Gasteiger partial charge in [-0.25, -0.2) is 5.10 Å². The lowest BCUT2D eigenvalue weighted by molar-refractivity contribution is 0.318. The van der Waals surface area contributed by atoms with Gasteiger partial charge in [0.25, 0.3) is 0 Å². The van der Waals surface area contributed by atoms with E-state index in [-0.39, 0.29) is 5.75 Å². The molecule has 1 aromatic heterocycles. The van der Waals surface area contributed by atoms with Gasteiger partial charge in [-0.3, -0.25) is 0 Å². The summed E-state index contributed by atoms with van der Waals surface area (Å²) in [6.07, 6.45) is 1.50. The van der Waals surface area contributed by atoms with Gasteiger partial charge in [0.1, 0.15) is 0 Å². The van der Waals surface area contributed by atoms with Crippen LogP contribution in [0.1, 0.15) is 12.5 Å². The molecule has 0 aliphatic rings. The molecule has 128 valence electrons. The van der Waals surface area contributed by atoms with Crippen LogP contribution in [-0.4, -0.2) is 32.8 Å². The number of benzene rings is 2. The van der Waals surface area contributed by atoms with E-state index in [4.69, 9.17) is 28.6 Å². The number of aromatic nitrogens is 3. The molecule has 3 aromatic rings. The minimum Gasteiger partial charge on any atom is -0.504 e. The zero-order valence-corrected chi connectivity index (χ0v) is 14.9. The maximum atomic E-state index is 10.2. The number of aromatic hydroxyl groups is 1. The lowest BCUT2D eigenvalue weighted by Gasteiger charge is -2.07. The number of nitrogens with one attached hydrogen (secondary N) is 1. The van der Waals surface area contributed by atoms with Crippen molar-refractivity contribution >= 4 is 30.0 Å². The first-order chi connectivity index (χ1) is 12.1. The number of para-hydroxylation sites is 1. The van der Waals surface area contributed by atoms with Crippen LogP contribution in [0.15, 0.2) is 47.6 Å². The van der Waals surface area contributed by atoms with E-state index in [0.29, 0.717) is 33.5 Å². The molecule has 6 nitrogen and oxygen atoms in total. The molecule has 0 aliphatic heterocycles. The lowest BCUT2D eigenvalue weighted by Crippen LogP contribution is -1.97. The van der Waals surface area contributed by atoms with Crippen LogP contribution in [0.3, 0.4) is 0 Å². The molecule has 25 heavy (non-hydrogen) atoms. The van der Waals surface area contributed by atoms with E-state index < -0.39 is 0 Å². The Hall–Kier alpha value is -2.64. The van der Waals surface area contributed by atoms with Crippen LogP contribution in [0.2, 0.25) is 5.02 Å². The standard InChI is InChI=1S/C17H15ClN4O2S/c1-2-24-14-8-4-6-12(15(14)23)10-19-22-16(20-21-17(22)25)11-5-3-7-13(18)9-11/h3-10,23H,2H2,1H3,(H,21,25). The van der Waals surface area contributed by atoms with E-state index in [1.807, 2.05) is 19.1 Å². The predicted octanol–water partition coefficient (Wildman–Crippen LogP) is 4.25. The number of aromatic amines is 1. The highest BCUT2D eigenvalue weighted by Crippen LogP contribution is 2.28. The number of hydrogen-bond donors (Lipinski definition) is 2. The Bertz CT molecular complexity index is 981. The number of phenolic OH excluding ortho intramolecular Hbond substituents is 1. The first kappa shape index (κ1) is 17.2. The summed E-state index contributed by atoms with van der Waals surface area (Å²) in [7, 11) is 0. The van der Waals surface area contributed by atoms with Crippen LogP contribution in [0, 0.1) is 4.77 Å². The zero-order chi connectivity index (χ0) is 17.8. The maximum absolute atomic E-state index is 10.2. The third kappa shape index (κ3) is 3.72. The highest BCUT2D eigenvalue weighted by molar-refractivity contribution is 7.71. The second kappa shape index (κ2) is 7.50. The number of halogens is 1. The summed E-state index contributed by atoms with van der Waals surface area (Å²) < 4.78 is 7.16. The molecule has 3 rings (SSSR count). The molecule has 0 saturated heterocycles. The SMILES string of the molecule is CCOc1cccc(C=Nn2c(-c3cccc(Cl)c3)n[nH]c2=S)c1O. The van der Waals surface area contributed by atoms with E-state index in [1.54, 1.807) is 30.3 Å². The number of nitrogens with zero attached hydrogens (tertiary/aromatic N) is 3. The average Bonchev–Trinajstić information content (AvgIpc) is 2.97. The van der Waals surface area contributed by atoms with E-state index in [9.17, 15) is 5.11 Å². The molecule has 0 radical (unpaired) electrons. The van der Waals surface area contributed by atoms with E-state index in [2.05, 4.69) is 15.3 Å². The van der Waals surface area contributed by atoms with Gasteiger partial charge < -0.3 is 9.84 Å². The zero-order valence-electron chi connectivity index (χ0n) is 13.3. The first-order valence-electron chi connectivity index (χ1n) is 7.52. The van der Waals surface area contributed by atoms with Crippen molar-refractivity contribution in [3.8, 4) is 22.9 Å². The fraction of sp³-hybridized carbons (Fsp3) is 0.118. The third-order valence-corrected chi connectivity index (χ3v) is 3.87. The van der Waals surface area contributed by atoms with E-state index in [1.165, 1.54) is 10.9 Å². The van der Waals surface area contributed by atoms with Gasteiger partial charge in [-0.15, -0.1) is 0 Å². The molecule has 0 amide bonds. The van der Waals surface area contributed by atoms with Crippen LogP contribution in [-0.2, 0) is 0 Å². The summed E-state index contributed by atoms with van der Waals surface area (Å²) in [6, 6.07) is 12.4. The normalized spacial score (nSPS) is 11.1. The summed E-state index contributed by atoms with van der Waals surface area (Å²) in [4.78, 5) is 0. The van der Waals surface area contributed by atoms with Gasteiger partial charge >= 0.3 is 0 Å². The molecular weight excluding hydrogens is 360 g/mol. The minimum atomic E-state index is 0.0208. The molecule has 0 fully saturated rings. The monoisotopic (exact) mass is 374 g/mol. The number of hydrogen-bond acceptors (Lipinski definition) is 5. The second-order valence-corrected chi connectivity index (χ2v) is 5.87. The Kier molecular flexibility index (Phi) is 5.16. The van der Waals surface area contributed by atoms with Gasteiger partial charge in [0.2, 0.25) is 4.77 Å². The molecule has 0 saturated carbocycles. The summed E-state index contributed by atoms with van der Waals surface area (Å²) in [5.41, 5.74) is 1.27. The van der Waals surface area contributed by atoms with Crippen LogP contribution in [0.4, 0.5) is 0 Å². The topological polar surface area (TPSA) is 75.4 Å². The molecule has 1 heterocycles. The van der Waals surface area contributed by atoms with Gasteiger partial charge in [-0.05, 0) is 43.4 Å². The lowest BCUT2D eigenvalue weighted by atomic mass is 10.2. The summed E-state index contributed by atoms with van der Waals surface area (Å²) in [5.74, 6) is 0.939. The van der Waals surface area contributed by atoms with Crippen molar-refractivity contribution in [3.05, 3.63) is 57.8 Å². The minimum absolute atomic E-state index is 0.0208. The summed E-state index contributed by atoms with van der Waals surface area (Å²) >= 11 is 11.3. The van der Waals surface area contributed by atoms with Crippen LogP contribution >= 0.6 is 23.8 Å². The van der Waals surface area contributed by atoms with Gasteiger partial charge in [-0.2, -0.15) is 14.9 Å². The van der Waals surface area contributed by atoms with Gasteiger partial charge in [0, 0.05) is 16.1 Å². The van der Waals surface area contributed by atoms with Crippen molar-refractivity contribution in [3.63, 3.8) is 0 Å². The van der Waals surface area contributed by atoms with Crippen LogP contribution in [0.25, 0.3) is 11.4 Å². The fourth-order valence-corrected chi connectivity index (χ4v) is 2.62. The van der Waals surface area contributed by atoms with Crippen LogP contribution < -0.4 is 4.74 Å². The molecule has 0 aliphatic carbocycles. The van der Waals surface area contributed by atoms with Crippen molar-refractivity contribution < 1.29 is 9.84 Å². The number of H-pyrrole nitrogens is 1. The molecule has 2 aromatic carbocycles. The highest BCUT2D eigenvalue weighted by Gasteiger charge is 2.10. The largest absolute Gasteiger partial charge is 0.504 e. The Morgan fingerprint density at radius 3 is 2.92 bits per heavy atom. The summed E-state index contributed by atoms with van der Waals surface area (Å²) in [6.45, 7) is 2.31. The Morgan fingerprint density at radius 2 is 2.16 bits per heavy atom. The Morgan fingerprint density at radius 1 is 1.36 bits per heavy atom. The average molecular weight is 375 g/mol. The molecule has 0 bridgehead atoms. The number of ether oxygens (including phenoxy) is 1. The Balaban J connectivity index is 1.99. The fourth-order valence-electron chi connectivity index (χ4n) is 2.25. The van der Waals surface area contributed by atoms with Gasteiger partial charge in [-0.1, -0.05) is 29.8 Å². The second-order valence-electron chi connectivity index (χ2n) is 5.05. The quantitative estimate of drug-likeness (QED) is 0.517. The van der Waals surface area contributed by atoms with Crippen molar-refractivity contribution in [2.24, 2.45) is 5.10 Å².